The molecule has 0 bridgehead atoms. The van der Waals surface area contributed by atoms with Crippen LogP contribution in [0.15, 0.2) is 25.6 Å². The number of thiazole rings is 1. The molecule has 0 aromatic carbocycles. The third-order valence-electron chi connectivity index (χ3n) is 2.34. The summed E-state index contributed by atoms with van der Waals surface area (Å²) in [6.45, 7) is 1.95. The van der Waals surface area contributed by atoms with E-state index < -0.39 is 0 Å². The minimum Gasteiger partial charge on any atom is -0.375 e. The fourth-order valence-electron chi connectivity index (χ4n) is 1.48. The van der Waals surface area contributed by atoms with Crippen molar-refractivity contribution in [3.8, 4) is 11.5 Å². The largest absolute Gasteiger partial charge is 0.375 e. The van der Waals surface area contributed by atoms with Crippen LogP contribution in [0.25, 0.3) is 11.5 Å². The number of thiophene rings is 1. The van der Waals surface area contributed by atoms with Crippen molar-refractivity contribution in [2.24, 2.45) is 0 Å². The van der Waals surface area contributed by atoms with Crippen LogP contribution in [-0.4, -0.2) is 15.1 Å². The summed E-state index contributed by atoms with van der Waals surface area (Å²) in [5.41, 5.74) is 7.58. The maximum atomic E-state index is 5.66. The van der Waals surface area contributed by atoms with Gasteiger partial charge in [-0.2, -0.15) is 16.3 Å². The Labute approximate surface area is 121 Å². The quantitative estimate of drug-likeness (QED) is 0.744. The topological polar surface area (TPSA) is 77.8 Å². The van der Waals surface area contributed by atoms with E-state index in [1.54, 1.807) is 23.1 Å². The maximum absolute atomic E-state index is 5.66. The highest BCUT2D eigenvalue weighted by molar-refractivity contribution is 8.00. The van der Waals surface area contributed by atoms with Crippen molar-refractivity contribution in [3.63, 3.8) is 0 Å². The fraction of sp³-hybridized carbons (Fsp3) is 0.182. The number of nitrogen functional groups attached to an aromatic ring is 1. The molecule has 2 N–H and O–H groups in total. The highest BCUT2D eigenvalue weighted by Crippen LogP contribution is 2.32. The lowest BCUT2D eigenvalue weighted by Crippen LogP contribution is -1.84. The fourth-order valence-corrected chi connectivity index (χ4v) is 3.98. The molecule has 0 saturated carbocycles. The van der Waals surface area contributed by atoms with E-state index in [4.69, 9.17) is 10.3 Å². The van der Waals surface area contributed by atoms with Crippen molar-refractivity contribution in [1.82, 2.24) is 15.1 Å². The van der Waals surface area contributed by atoms with Crippen LogP contribution in [0, 0.1) is 6.92 Å². The highest BCUT2D eigenvalue weighted by atomic mass is 32.2. The van der Waals surface area contributed by atoms with Crippen LogP contribution >= 0.6 is 34.4 Å². The van der Waals surface area contributed by atoms with Crippen molar-refractivity contribution < 1.29 is 4.52 Å². The van der Waals surface area contributed by atoms with E-state index in [1.165, 1.54) is 11.3 Å². The zero-order valence-electron chi connectivity index (χ0n) is 9.99. The summed E-state index contributed by atoms with van der Waals surface area (Å²) in [6.07, 6.45) is 0. The first kappa shape index (κ1) is 12.6. The van der Waals surface area contributed by atoms with E-state index in [-0.39, 0.29) is 0 Å². The monoisotopic (exact) mass is 310 g/mol. The van der Waals surface area contributed by atoms with Crippen LogP contribution in [0.2, 0.25) is 0 Å². The van der Waals surface area contributed by atoms with Crippen molar-refractivity contribution in [2.75, 3.05) is 5.73 Å². The van der Waals surface area contributed by atoms with Crippen molar-refractivity contribution in [2.45, 2.75) is 16.9 Å². The molecule has 0 amide bonds. The molecule has 0 unspecified atom stereocenters. The Bertz CT molecular complexity index is 674. The second kappa shape index (κ2) is 5.32. The Balaban J connectivity index is 1.69. The maximum Gasteiger partial charge on any atom is 0.258 e. The number of anilines is 1. The molecule has 0 saturated heterocycles. The Morgan fingerprint density at radius 3 is 3.00 bits per heavy atom. The van der Waals surface area contributed by atoms with Gasteiger partial charge in [-0.3, -0.25) is 0 Å². The lowest BCUT2D eigenvalue weighted by molar-refractivity contribution is 0.425. The normalized spacial score (nSPS) is 11.0. The van der Waals surface area contributed by atoms with Crippen LogP contribution in [0.3, 0.4) is 0 Å². The average molecular weight is 310 g/mol. The smallest absolute Gasteiger partial charge is 0.258 e. The van der Waals surface area contributed by atoms with Gasteiger partial charge in [0, 0.05) is 5.38 Å². The average Bonchev–Trinajstić information content (AvgIpc) is 3.07. The third kappa shape index (κ3) is 2.80. The molecule has 0 aliphatic heterocycles. The molecule has 8 heteroatoms. The van der Waals surface area contributed by atoms with Crippen molar-refractivity contribution in [1.29, 1.82) is 0 Å². The molecule has 0 aliphatic carbocycles. The molecule has 3 aromatic rings. The Morgan fingerprint density at radius 1 is 1.42 bits per heavy atom. The Hall–Kier alpha value is -1.38. The molecule has 5 nitrogen and oxygen atoms in total. The number of rotatable bonds is 4. The van der Waals surface area contributed by atoms with E-state index in [0.717, 1.165) is 15.5 Å². The summed E-state index contributed by atoms with van der Waals surface area (Å²) in [7, 11) is 0. The summed E-state index contributed by atoms with van der Waals surface area (Å²) in [5.74, 6) is 1.89. The molecule has 0 spiro atoms. The number of nitrogens with two attached hydrogens (primary N) is 1. The van der Waals surface area contributed by atoms with Crippen LogP contribution < -0.4 is 5.73 Å². The summed E-state index contributed by atoms with van der Waals surface area (Å²) < 4.78 is 6.32. The summed E-state index contributed by atoms with van der Waals surface area (Å²) >= 11 is 4.71. The first-order chi connectivity index (χ1) is 9.22. The molecule has 3 aromatic heterocycles. The molecular formula is C11H10N4OS3. The van der Waals surface area contributed by atoms with E-state index in [0.29, 0.717) is 22.6 Å². The van der Waals surface area contributed by atoms with Gasteiger partial charge in [-0.1, -0.05) is 16.5 Å². The predicted octanol–water partition coefficient (Wildman–Crippen LogP) is 3.44. The minimum atomic E-state index is 0.567. The molecule has 0 aliphatic rings. The number of thioether (sulfide) groups is 1. The van der Waals surface area contributed by atoms with Gasteiger partial charge in [-0.05, 0) is 18.4 Å². The molecule has 3 heterocycles. The van der Waals surface area contributed by atoms with E-state index in [2.05, 4.69) is 15.1 Å². The summed E-state index contributed by atoms with van der Waals surface area (Å²) in [6, 6.07) is 1.96. The van der Waals surface area contributed by atoms with Gasteiger partial charge >= 0.3 is 0 Å². The number of aromatic nitrogens is 3. The van der Waals surface area contributed by atoms with E-state index in [9.17, 15) is 0 Å². The number of hydrogen-bond acceptors (Lipinski definition) is 8. The Morgan fingerprint density at radius 2 is 2.32 bits per heavy atom. The van der Waals surface area contributed by atoms with Crippen LogP contribution in [-0.2, 0) is 5.75 Å². The van der Waals surface area contributed by atoms with E-state index >= 15 is 0 Å². The summed E-state index contributed by atoms with van der Waals surface area (Å²) in [4.78, 5) is 8.55. The number of nitrogens with zero attached hydrogens (tertiary/aromatic N) is 3. The van der Waals surface area contributed by atoms with Gasteiger partial charge in [-0.15, -0.1) is 11.8 Å². The first-order valence-corrected chi connectivity index (χ1v) is 8.18. The molecule has 0 radical (unpaired) electrons. The highest BCUT2D eigenvalue weighted by Gasteiger charge is 2.11. The minimum absolute atomic E-state index is 0.567. The number of hydrogen-bond donors (Lipinski definition) is 1. The van der Waals surface area contributed by atoms with Gasteiger partial charge in [0.1, 0.15) is 0 Å². The van der Waals surface area contributed by atoms with Gasteiger partial charge in [0.25, 0.3) is 5.89 Å². The first-order valence-electron chi connectivity index (χ1n) is 5.43. The molecule has 0 atom stereocenters. The van der Waals surface area contributed by atoms with Gasteiger partial charge in [0.2, 0.25) is 0 Å². The second-order valence-electron chi connectivity index (χ2n) is 3.74. The second-order valence-corrected chi connectivity index (χ2v) is 6.80. The zero-order chi connectivity index (χ0) is 13.2. The van der Waals surface area contributed by atoms with E-state index in [1.807, 2.05) is 23.8 Å². The zero-order valence-corrected chi connectivity index (χ0v) is 12.4. The van der Waals surface area contributed by atoms with Gasteiger partial charge in [0.05, 0.1) is 21.2 Å². The molecule has 19 heavy (non-hydrogen) atoms. The SMILES string of the molecule is Cc1nc(N)sc1SCc1noc(-c2ccsc2)n1. The van der Waals surface area contributed by atoms with Crippen molar-refractivity contribution >= 4 is 39.6 Å². The summed E-state index contributed by atoms with van der Waals surface area (Å²) in [5, 5.41) is 8.53. The Kier molecular flexibility index (Phi) is 3.54. The molecular weight excluding hydrogens is 300 g/mol. The van der Waals surface area contributed by atoms with Crippen LogP contribution in [0.5, 0.6) is 0 Å². The predicted molar refractivity (Wildman–Crippen MR) is 78.4 cm³/mol. The molecule has 98 valence electrons. The lowest BCUT2D eigenvalue weighted by Gasteiger charge is -1.93. The van der Waals surface area contributed by atoms with Gasteiger partial charge in [0.15, 0.2) is 11.0 Å². The number of aryl methyl sites for hydroxylation is 1. The molecule has 0 fully saturated rings. The van der Waals surface area contributed by atoms with Crippen LogP contribution in [0.4, 0.5) is 5.13 Å². The van der Waals surface area contributed by atoms with Gasteiger partial charge in [-0.25, -0.2) is 4.98 Å². The van der Waals surface area contributed by atoms with Crippen LogP contribution in [0.1, 0.15) is 11.5 Å². The lowest BCUT2D eigenvalue weighted by atomic mass is 10.3. The van der Waals surface area contributed by atoms with Crippen molar-refractivity contribution in [3.05, 3.63) is 28.3 Å². The third-order valence-corrected chi connectivity index (χ3v) is 5.37. The standard InChI is InChI=1S/C11H10N4OS3/c1-6-10(19-11(12)13-6)18-5-8-14-9(16-15-8)7-2-3-17-4-7/h2-4H,5H2,1H3,(H2,12,13). The molecule has 3 rings (SSSR count). The van der Waals surface area contributed by atoms with Gasteiger partial charge < -0.3 is 10.3 Å².